The van der Waals surface area contributed by atoms with Crippen molar-refractivity contribution in [1.82, 2.24) is 0 Å². The van der Waals surface area contributed by atoms with Gasteiger partial charge in [-0.15, -0.1) is 0 Å². The Labute approximate surface area is 191 Å². The molecular weight excluding hydrogens is 408 g/mol. The Bertz CT molecular complexity index is 335. The Morgan fingerprint density at radius 3 is 1.59 bits per heavy atom. The molecule has 0 N–H and O–H groups in total. The summed E-state index contributed by atoms with van der Waals surface area (Å²) in [4.78, 5) is 0. The van der Waals surface area contributed by atoms with Crippen LogP contribution in [0.4, 0.5) is 0 Å². The van der Waals surface area contributed by atoms with E-state index < -0.39 is 0 Å². The van der Waals surface area contributed by atoms with Crippen LogP contribution in [0.3, 0.4) is 0 Å². The van der Waals surface area contributed by atoms with E-state index in [2.05, 4.69) is 10.6 Å². The molecule has 3 atom stereocenters. The van der Waals surface area contributed by atoms with E-state index in [4.69, 9.17) is 0 Å². The van der Waals surface area contributed by atoms with Crippen molar-refractivity contribution in [2.24, 2.45) is 29.1 Å². The van der Waals surface area contributed by atoms with Gasteiger partial charge in [0.05, 0.1) is 0 Å². The maximum absolute atomic E-state index is 3.50. The molecule has 4 saturated carbocycles. The smallest absolute Gasteiger partial charge is 0.668 e. The molecule has 3 unspecified atom stereocenters. The van der Waals surface area contributed by atoms with Crippen LogP contribution in [0.15, 0.2) is 0 Å². The predicted octanol–water partition coefficient (Wildman–Crippen LogP) is 7.70. The largest absolute Gasteiger partial charge is 4.00 e. The molecule has 27 heavy (non-hydrogen) atoms. The summed E-state index contributed by atoms with van der Waals surface area (Å²) in [6.45, 7) is 0. The van der Waals surface area contributed by atoms with Gasteiger partial charge in [0.25, 0.3) is 0 Å². The zero-order valence-electron chi connectivity index (χ0n) is 19.4. The van der Waals surface area contributed by atoms with Gasteiger partial charge in [-0.25, -0.2) is 0 Å². The van der Waals surface area contributed by atoms with E-state index >= 15 is 0 Å². The average Bonchev–Trinajstić information content (AvgIpc) is 3.19. The van der Waals surface area contributed by atoms with Gasteiger partial charge in [-0.3, -0.25) is 0 Å². The van der Waals surface area contributed by atoms with Crippen molar-refractivity contribution in [2.45, 2.75) is 83.5 Å². The first-order valence-corrected chi connectivity index (χ1v) is 10.7. The van der Waals surface area contributed by atoms with Crippen LogP contribution in [0.1, 0.15) is 83.5 Å². The minimum absolute atomic E-state index is 0. The Hall–Kier alpha value is 0.803. The number of nitrogens with zero attached hydrogens (tertiary/aromatic N) is 2. The molecule has 0 saturated heterocycles. The summed E-state index contributed by atoms with van der Waals surface area (Å²) in [6.07, 6.45) is 20.6. The molecule has 0 heterocycles. The molecule has 4 fully saturated rings. The first-order chi connectivity index (χ1) is 11.7. The predicted molar refractivity (Wildman–Crippen MR) is 120 cm³/mol. The fourth-order valence-corrected chi connectivity index (χ4v) is 6.61. The van der Waals surface area contributed by atoms with E-state index in [-0.39, 0.29) is 41.1 Å². The molecule has 4 aliphatic rings. The molecule has 0 spiro atoms. The van der Waals surface area contributed by atoms with Crippen molar-refractivity contribution in [2.75, 3.05) is 28.2 Å². The van der Waals surface area contributed by atoms with Gasteiger partial charge >= 0.3 is 26.2 Å². The van der Waals surface area contributed by atoms with E-state index in [1.165, 1.54) is 11.8 Å². The molecule has 0 aromatic carbocycles. The van der Waals surface area contributed by atoms with E-state index in [0.717, 1.165) is 17.3 Å². The van der Waals surface area contributed by atoms with Gasteiger partial charge in [0.2, 0.25) is 0 Å². The fraction of sp³-hybridized carbons (Fsp3) is 0.917. The van der Waals surface area contributed by atoms with Crippen molar-refractivity contribution < 1.29 is 26.2 Å². The zero-order chi connectivity index (χ0) is 17.4. The summed E-state index contributed by atoms with van der Waals surface area (Å²) in [7, 11) is 7.00. The van der Waals surface area contributed by atoms with E-state index in [0.29, 0.717) is 0 Å². The van der Waals surface area contributed by atoms with E-state index in [1.54, 1.807) is 112 Å². The average molecular weight is 456 g/mol. The van der Waals surface area contributed by atoms with Gasteiger partial charge in [0, 0.05) is 0 Å². The Kier molecular flexibility index (Phi) is 17.4. The third-order valence-electron chi connectivity index (χ3n) is 7.52. The van der Waals surface area contributed by atoms with Crippen LogP contribution in [-0.4, -0.2) is 28.2 Å². The molecule has 4 aliphatic carbocycles. The number of hydrogen-bond donors (Lipinski definition) is 0. The summed E-state index contributed by atoms with van der Waals surface area (Å²) in [6, 6.07) is 0. The molecule has 0 amide bonds. The summed E-state index contributed by atoms with van der Waals surface area (Å²) >= 11 is 0. The van der Waals surface area contributed by atoms with Crippen LogP contribution in [0.25, 0.3) is 10.6 Å². The second kappa shape index (κ2) is 15.6. The molecule has 4 rings (SSSR count). The van der Waals surface area contributed by atoms with Crippen molar-refractivity contribution in [3.63, 3.8) is 0 Å². The minimum Gasteiger partial charge on any atom is -0.668 e. The quantitative estimate of drug-likeness (QED) is 0.382. The summed E-state index contributed by atoms with van der Waals surface area (Å²) in [5.41, 5.74) is 0.868. The van der Waals surface area contributed by atoms with Crippen LogP contribution in [0.2, 0.25) is 0 Å². The van der Waals surface area contributed by atoms with E-state index in [1.807, 2.05) is 0 Å². The SMILES string of the molecule is C1CCC2C(C1)CCC2C1(C2CCCC2)CCC1.C[N-]C.C[N-]C.[CH3-].[CH3-].[Zr+4]. The van der Waals surface area contributed by atoms with Gasteiger partial charge in [-0.2, -0.15) is 28.2 Å². The molecule has 3 heteroatoms. The third-order valence-corrected chi connectivity index (χ3v) is 7.52. The number of fused-ring (bicyclic) bond motifs is 1. The fourth-order valence-electron chi connectivity index (χ4n) is 6.61. The first-order valence-electron chi connectivity index (χ1n) is 10.7. The molecule has 158 valence electrons. The molecule has 0 aliphatic heterocycles. The maximum atomic E-state index is 3.50. The van der Waals surface area contributed by atoms with Crippen LogP contribution in [-0.2, 0) is 26.2 Å². The number of hydrogen-bond acceptors (Lipinski definition) is 0. The van der Waals surface area contributed by atoms with Gasteiger partial charge in [0.15, 0.2) is 0 Å². The summed E-state index contributed by atoms with van der Waals surface area (Å²) in [5.74, 6) is 4.64. The molecular formula is C24H48N2Zr. The summed E-state index contributed by atoms with van der Waals surface area (Å²) in [5, 5.41) is 7.00. The maximum Gasteiger partial charge on any atom is 4.00 e. The summed E-state index contributed by atoms with van der Waals surface area (Å²) < 4.78 is 0. The van der Waals surface area contributed by atoms with Crippen molar-refractivity contribution in [1.29, 1.82) is 0 Å². The molecule has 0 radical (unpaired) electrons. The minimum atomic E-state index is 0. The molecule has 0 aromatic heterocycles. The van der Waals surface area contributed by atoms with Crippen LogP contribution in [0.5, 0.6) is 0 Å². The van der Waals surface area contributed by atoms with Gasteiger partial charge in [0.1, 0.15) is 0 Å². The monoisotopic (exact) mass is 454 g/mol. The van der Waals surface area contributed by atoms with Crippen molar-refractivity contribution in [3.05, 3.63) is 25.5 Å². The van der Waals surface area contributed by atoms with Crippen LogP contribution >= 0.6 is 0 Å². The third kappa shape index (κ3) is 7.22. The second-order valence-corrected chi connectivity index (χ2v) is 8.85. The van der Waals surface area contributed by atoms with Crippen LogP contribution < -0.4 is 0 Å². The topological polar surface area (TPSA) is 28.2 Å². The zero-order valence-corrected chi connectivity index (χ0v) is 21.9. The Morgan fingerprint density at radius 1 is 0.630 bits per heavy atom. The Morgan fingerprint density at radius 2 is 1.11 bits per heavy atom. The van der Waals surface area contributed by atoms with E-state index in [9.17, 15) is 0 Å². The standard InChI is InChI=1S/C18H30.2C2H6N.2CH3.Zr/c1-4-9-16-14(6-1)10-11-17(16)18(12-5-13-18)15-7-2-3-8-15;2*1-3-2;;;/h14-17H,1-13H2;2*1-2H3;2*1H3;/q;4*-1;+4. The normalized spacial score (nSPS) is 30.4. The van der Waals surface area contributed by atoms with Gasteiger partial charge < -0.3 is 25.5 Å². The van der Waals surface area contributed by atoms with Crippen molar-refractivity contribution in [3.8, 4) is 0 Å². The first kappa shape index (κ1) is 30.0. The second-order valence-electron chi connectivity index (χ2n) is 8.85. The van der Waals surface area contributed by atoms with Gasteiger partial charge in [-0.1, -0.05) is 38.5 Å². The van der Waals surface area contributed by atoms with Crippen molar-refractivity contribution >= 4 is 0 Å². The molecule has 0 bridgehead atoms. The number of rotatable bonds is 2. The van der Waals surface area contributed by atoms with Gasteiger partial charge in [-0.05, 0) is 74.0 Å². The van der Waals surface area contributed by atoms with Crippen LogP contribution in [0, 0.1) is 43.9 Å². The Balaban J connectivity index is 0. The molecule has 2 nitrogen and oxygen atoms in total. The molecule has 0 aromatic rings.